The molecule has 1 aromatic heterocycles. The summed E-state index contributed by atoms with van der Waals surface area (Å²) in [4.78, 5) is 22.9. The topological polar surface area (TPSA) is 135 Å². The average Bonchev–Trinajstić information content (AvgIpc) is 3.06. The van der Waals surface area contributed by atoms with Crippen molar-refractivity contribution in [3.05, 3.63) is 47.0 Å². The molecule has 0 saturated carbocycles. The fourth-order valence-electron chi connectivity index (χ4n) is 2.21. The number of rotatable bonds is 9. The SMILES string of the molecule is C=CCSc1nnc(NC(=O)C(C)N(c2cccc([N+](=O)[O-])c2)S(C)(=O)=O)s1. The molecular formula is C15H17N5O5S3. The van der Waals surface area contributed by atoms with E-state index in [0.29, 0.717) is 10.1 Å². The summed E-state index contributed by atoms with van der Waals surface area (Å²) < 4.78 is 26.0. The Bertz CT molecular complexity index is 991. The van der Waals surface area contributed by atoms with Crippen LogP contribution in [-0.2, 0) is 14.8 Å². The Morgan fingerprint density at radius 3 is 2.82 bits per heavy atom. The summed E-state index contributed by atoms with van der Waals surface area (Å²) in [5.74, 6) is -0.0125. The van der Waals surface area contributed by atoms with Crippen LogP contribution in [0.25, 0.3) is 0 Å². The minimum absolute atomic E-state index is 0.0128. The maximum Gasteiger partial charge on any atom is 0.271 e. The largest absolute Gasteiger partial charge is 0.299 e. The van der Waals surface area contributed by atoms with Gasteiger partial charge in [0.1, 0.15) is 6.04 Å². The van der Waals surface area contributed by atoms with Crippen LogP contribution in [0.15, 0.2) is 41.3 Å². The summed E-state index contributed by atoms with van der Waals surface area (Å²) >= 11 is 2.54. The van der Waals surface area contributed by atoms with Crippen LogP contribution in [0.5, 0.6) is 0 Å². The molecule has 1 heterocycles. The van der Waals surface area contributed by atoms with E-state index < -0.39 is 26.9 Å². The second kappa shape index (κ2) is 9.12. The lowest BCUT2D eigenvalue weighted by atomic mass is 10.2. The van der Waals surface area contributed by atoms with Gasteiger partial charge in [-0.2, -0.15) is 0 Å². The van der Waals surface area contributed by atoms with Crippen molar-refractivity contribution < 1.29 is 18.1 Å². The molecular weight excluding hydrogens is 426 g/mol. The van der Waals surface area contributed by atoms with Crippen LogP contribution in [0.3, 0.4) is 0 Å². The van der Waals surface area contributed by atoms with E-state index in [1.54, 1.807) is 6.08 Å². The number of nitro groups is 1. The quantitative estimate of drug-likeness (QED) is 0.205. The number of nitro benzene ring substituents is 1. The number of amides is 1. The number of hydrogen-bond donors (Lipinski definition) is 1. The molecule has 1 atom stereocenters. The molecule has 1 amide bonds. The number of carbonyl (C=O) groups excluding carboxylic acids is 1. The van der Waals surface area contributed by atoms with Gasteiger partial charge in [-0.25, -0.2) is 8.42 Å². The van der Waals surface area contributed by atoms with E-state index >= 15 is 0 Å². The van der Waals surface area contributed by atoms with E-state index in [-0.39, 0.29) is 16.5 Å². The molecule has 10 nitrogen and oxygen atoms in total. The van der Waals surface area contributed by atoms with E-state index in [0.717, 1.165) is 28.0 Å². The predicted octanol–water partition coefficient (Wildman–Crippen LogP) is 2.52. The average molecular weight is 444 g/mol. The van der Waals surface area contributed by atoms with Gasteiger partial charge in [0.25, 0.3) is 5.69 Å². The van der Waals surface area contributed by atoms with Crippen molar-refractivity contribution in [3.8, 4) is 0 Å². The van der Waals surface area contributed by atoms with E-state index in [4.69, 9.17) is 0 Å². The Kier molecular flexibility index (Phi) is 7.10. The summed E-state index contributed by atoms with van der Waals surface area (Å²) in [5.41, 5.74) is -0.273. The maximum absolute atomic E-state index is 12.6. The van der Waals surface area contributed by atoms with Gasteiger partial charge in [-0.1, -0.05) is 35.2 Å². The van der Waals surface area contributed by atoms with Gasteiger partial charge < -0.3 is 0 Å². The first kappa shape index (κ1) is 21.8. The van der Waals surface area contributed by atoms with E-state index in [2.05, 4.69) is 22.1 Å². The smallest absolute Gasteiger partial charge is 0.271 e. The molecule has 0 spiro atoms. The summed E-state index contributed by atoms with van der Waals surface area (Å²) in [6.45, 7) is 4.98. The number of non-ortho nitro benzene ring substituents is 1. The van der Waals surface area contributed by atoms with Gasteiger partial charge in [0.2, 0.25) is 21.1 Å². The minimum atomic E-state index is -3.90. The van der Waals surface area contributed by atoms with Gasteiger partial charge in [-0.3, -0.25) is 24.5 Å². The van der Waals surface area contributed by atoms with Gasteiger partial charge in [-0.05, 0) is 13.0 Å². The second-order valence-corrected chi connectivity index (χ2v) is 9.58. The van der Waals surface area contributed by atoms with Crippen LogP contribution < -0.4 is 9.62 Å². The molecule has 0 aliphatic heterocycles. The highest BCUT2D eigenvalue weighted by Gasteiger charge is 2.30. The van der Waals surface area contributed by atoms with Crippen molar-refractivity contribution in [1.82, 2.24) is 10.2 Å². The van der Waals surface area contributed by atoms with Gasteiger partial charge in [-0.15, -0.1) is 16.8 Å². The minimum Gasteiger partial charge on any atom is -0.299 e. The fourth-order valence-corrected chi connectivity index (χ4v) is 4.89. The third kappa shape index (κ3) is 5.50. The molecule has 150 valence electrons. The number of anilines is 2. The van der Waals surface area contributed by atoms with E-state index in [1.807, 2.05) is 0 Å². The van der Waals surface area contributed by atoms with Crippen molar-refractivity contribution in [2.24, 2.45) is 0 Å². The Labute approximate surface area is 169 Å². The molecule has 0 aliphatic carbocycles. The second-order valence-electron chi connectivity index (χ2n) is 5.47. The first-order valence-corrected chi connectivity index (χ1v) is 11.4. The molecule has 0 bridgehead atoms. The van der Waals surface area contributed by atoms with E-state index in [1.165, 1.54) is 36.9 Å². The summed E-state index contributed by atoms with van der Waals surface area (Å²) in [7, 11) is -3.90. The molecule has 2 aromatic rings. The molecule has 2 rings (SSSR count). The van der Waals surface area contributed by atoms with Gasteiger partial charge in [0.05, 0.1) is 16.9 Å². The van der Waals surface area contributed by atoms with Crippen LogP contribution in [0.2, 0.25) is 0 Å². The Hall–Kier alpha value is -2.51. The molecule has 0 saturated heterocycles. The van der Waals surface area contributed by atoms with Crippen LogP contribution in [-0.4, -0.2) is 47.5 Å². The molecule has 1 aromatic carbocycles. The van der Waals surface area contributed by atoms with Crippen LogP contribution in [0.1, 0.15) is 6.92 Å². The van der Waals surface area contributed by atoms with E-state index in [9.17, 15) is 23.3 Å². The number of nitrogens with zero attached hydrogens (tertiary/aromatic N) is 4. The molecule has 28 heavy (non-hydrogen) atoms. The highest BCUT2D eigenvalue weighted by atomic mass is 32.2. The number of nitrogens with one attached hydrogen (secondary N) is 1. The van der Waals surface area contributed by atoms with Crippen molar-refractivity contribution >= 4 is 55.5 Å². The zero-order valence-corrected chi connectivity index (χ0v) is 17.4. The summed E-state index contributed by atoms with van der Waals surface area (Å²) in [5, 5.41) is 21.5. The van der Waals surface area contributed by atoms with Crippen molar-refractivity contribution in [2.45, 2.75) is 17.3 Å². The van der Waals surface area contributed by atoms with Gasteiger partial charge >= 0.3 is 0 Å². The number of carbonyl (C=O) groups is 1. The summed E-state index contributed by atoms with van der Waals surface area (Å²) in [6, 6.07) is 3.89. The number of sulfonamides is 1. The lowest BCUT2D eigenvalue weighted by molar-refractivity contribution is -0.384. The molecule has 0 aliphatic rings. The van der Waals surface area contributed by atoms with Gasteiger partial charge in [0.15, 0.2) is 4.34 Å². The number of thioether (sulfide) groups is 1. The maximum atomic E-state index is 12.6. The Morgan fingerprint density at radius 2 is 2.21 bits per heavy atom. The van der Waals surface area contributed by atoms with Crippen molar-refractivity contribution in [2.75, 3.05) is 21.6 Å². The number of hydrogen-bond acceptors (Lipinski definition) is 9. The lowest BCUT2D eigenvalue weighted by Gasteiger charge is -2.27. The van der Waals surface area contributed by atoms with Gasteiger partial charge in [0, 0.05) is 17.9 Å². The standard InChI is InChI=1S/C15H17N5O5S3/c1-4-8-26-15-18-17-14(27-15)16-13(21)10(2)19(28(3,24)25)11-6-5-7-12(9-11)20(22)23/h4-7,9-10H,1,8H2,2-3H3,(H,16,17,21). The number of aromatic nitrogens is 2. The molecule has 0 radical (unpaired) electrons. The van der Waals surface area contributed by atoms with Crippen LogP contribution in [0.4, 0.5) is 16.5 Å². The zero-order valence-electron chi connectivity index (χ0n) is 14.9. The van der Waals surface area contributed by atoms with Crippen molar-refractivity contribution in [3.63, 3.8) is 0 Å². The normalized spacial score (nSPS) is 12.2. The number of benzene rings is 1. The highest BCUT2D eigenvalue weighted by molar-refractivity contribution is 8.01. The zero-order chi connectivity index (χ0) is 20.9. The third-order valence-corrected chi connectivity index (χ3v) is 6.55. The summed E-state index contributed by atoms with van der Waals surface area (Å²) in [6.07, 6.45) is 2.63. The van der Waals surface area contributed by atoms with Crippen LogP contribution >= 0.6 is 23.1 Å². The first-order valence-electron chi connectivity index (χ1n) is 7.75. The van der Waals surface area contributed by atoms with Crippen molar-refractivity contribution in [1.29, 1.82) is 0 Å². The van der Waals surface area contributed by atoms with Crippen LogP contribution in [0, 0.1) is 10.1 Å². The monoisotopic (exact) mass is 443 g/mol. The Morgan fingerprint density at radius 1 is 1.50 bits per heavy atom. The third-order valence-electron chi connectivity index (χ3n) is 3.34. The fraction of sp³-hybridized carbons (Fsp3) is 0.267. The molecule has 13 heteroatoms. The first-order chi connectivity index (χ1) is 13.1. The lowest BCUT2D eigenvalue weighted by Crippen LogP contribution is -2.45. The molecule has 1 unspecified atom stereocenters. The highest BCUT2D eigenvalue weighted by Crippen LogP contribution is 2.28. The molecule has 0 fully saturated rings. The molecule has 1 N–H and O–H groups in total. The predicted molar refractivity (Wildman–Crippen MR) is 109 cm³/mol. The Balaban J connectivity index is 2.25.